The minimum atomic E-state index is -1.36. The summed E-state index contributed by atoms with van der Waals surface area (Å²) in [4.78, 5) is 0. The molecule has 0 amide bonds. The third-order valence-corrected chi connectivity index (χ3v) is 6.52. The normalized spacial score (nSPS) is 13.1. The van der Waals surface area contributed by atoms with Gasteiger partial charge in [-0.2, -0.15) is 18.2 Å². The van der Waals surface area contributed by atoms with Gasteiger partial charge >= 0.3 is 0 Å². The molecule has 0 saturated carbocycles. The maximum Gasteiger partial charge on any atom is 0.180 e. The van der Waals surface area contributed by atoms with E-state index in [1.807, 2.05) is 48.5 Å². The molecule has 4 aromatic rings. The van der Waals surface area contributed by atoms with E-state index < -0.39 is 8.40 Å². The van der Waals surface area contributed by atoms with Crippen molar-refractivity contribution in [2.24, 2.45) is 0 Å². The van der Waals surface area contributed by atoms with E-state index in [0.717, 1.165) is 49.6 Å². The lowest BCUT2D eigenvalue weighted by molar-refractivity contribution is 1.58. The Morgan fingerprint density at radius 2 is 0.933 bits per heavy atom. The minimum Gasteiger partial charge on any atom is -0.169 e. The molecule has 0 spiro atoms. The topological polar surface area (TPSA) is 0 Å². The largest absolute Gasteiger partial charge is 0.180 e. The number of rotatable bonds is 6. The van der Waals surface area contributed by atoms with Gasteiger partial charge in [-0.05, 0) is 59.6 Å². The van der Waals surface area contributed by atoms with Crippen molar-refractivity contribution in [3.8, 4) is 33.4 Å². The first-order valence-corrected chi connectivity index (χ1v) is 12.0. The van der Waals surface area contributed by atoms with Crippen molar-refractivity contribution >= 4 is 64.4 Å². The molecule has 4 rings (SSSR count). The second kappa shape index (κ2) is 10.1. The molecule has 3 atom stereocenters. The molecule has 0 aliphatic rings. The summed E-state index contributed by atoms with van der Waals surface area (Å²) < 4.78 is 23.6. The Morgan fingerprint density at radius 1 is 0.600 bits per heavy atom. The molecular weight excluding hydrogens is 414 g/mol. The predicted molar refractivity (Wildman–Crippen MR) is 149 cm³/mol. The van der Waals surface area contributed by atoms with Gasteiger partial charge in [0.2, 0.25) is 0 Å². The molecule has 0 nitrogen and oxygen atoms in total. The van der Waals surface area contributed by atoms with E-state index in [2.05, 4.69) is 60.7 Å². The molecule has 0 aromatic heterocycles. The third kappa shape index (κ3) is 4.98. The smallest absolute Gasteiger partial charge is 0.169 e. The first-order chi connectivity index (χ1) is 15.8. The summed E-state index contributed by atoms with van der Waals surface area (Å²) in [5.41, 5.74) is 8.45. The lowest BCUT2D eigenvalue weighted by atomic mass is 9.89. The van der Waals surface area contributed by atoms with E-state index in [9.17, 15) is 0 Å². The Balaban J connectivity index is 1.81. The van der Waals surface area contributed by atoms with Gasteiger partial charge in [0.25, 0.3) is 0 Å². The SMILES string of the molecule is [2H]B(P)c1ccc(-c2cc(-c3ccc(B([2H])P)cc3)cc(-c3ccc(P([2H])[B])cc3)c2)cc1. The van der Waals surface area contributed by atoms with Gasteiger partial charge in [-0.1, -0.05) is 83.7 Å². The van der Waals surface area contributed by atoms with Crippen LogP contribution in [0.4, 0.5) is 0 Å². The molecule has 6 heteroatoms. The van der Waals surface area contributed by atoms with Crippen LogP contribution in [-0.2, 0) is 0 Å². The van der Waals surface area contributed by atoms with Crippen LogP contribution in [0.25, 0.3) is 33.4 Å². The van der Waals surface area contributed by atoms with Crippen LogP contribution in [0, 0.1) is 0 Å². The number of hydrogen-bond acceptors (Lipinski definition) is 0. The molecule has 0 N–H and O–H groups in total. The van der Waals surface area contributed by atoms with E-state index in [0.29, 0.717) is 0 Å². The van der Waals surface area contributed by atoms with Crippen molar-refractivity contribution in [3.05, 3.63) is 91.0 Å². The summed E-state index contributed by atoms with van der Waals surface area (Å²) in [7, 11) is 9.44. The Morgan fingerprint density at radius 3 is 1.23 bits per heavy atom. The highest BCUT2D eigenvalue weighted by Gasteiger charge is 2.08. The lowest BCUT2D eigenvalue weighted by Gasteiger charge is -2.12. The second-order valence-electron chi connectivity index (χ2n) is 7.05. The van der Waals surface area contributed by atoms with Crippen molar-refractivity contribution in [2.75, 3.05) is 0 Å². The highest BCUT2D eigenvalue weighted by molar-refractivity contribution is 7.73. The quantitative estimate of drug-likeness (QED) is 0.317. The summed E-state index contributed by atoms with van der Waals surface area (Å²) in [5, 5.41) is 0.848. The molecule has 2 radical (unpaired) electrons. The zero-order valence-corrected chi connectivity index (χ0v) is 19.7. The van der Waals surface area contributed by atoms with Crippen LogP contribution < -0.4 is 16.2 Å². The fourth-order valence-electron chi connectivity index (χ4n) is 3.44. The van der Waals surface area contributed by atoms with Gasteiger partial charge in [0.05, 0.1) is 1.28 Å². The number of benzene rings is 4. The average molecular weight is 439 g/mol. The van der Waals surface area contributed by atoms with Gasteiger partial charge in [-0.15, -0.1) is 8.40 Å². The van der Waals surface area contributed by atoms with Crippen LogP contribution in [0.3, 0.4) is 0 Å². The molecule has 0 heterocycles. The summed E-state index contributed by atoms with van der Waals surface area (Å²) in [6, 6.07) is 30.7. The maximum atomic E-state index is 7.91. The Labute approximate surface area is 192 Å². The molecule has 0 fully saturated rings. The van der Waals surface area contributed by atoms with Gasteiger partial charge in [0.1, 0.15) is 7.57 Å². The molecular formula is C24H22B3P3. The van der Waals surface area contributed by atoms with Gasteiger partial charge in [0.15, 0.2) is 13.9 Å². The molecule has 4 aromatic carbocycles. The van der Waals surface area contributed by atoms with Gasteiger partial charge in [-0.25, -0.2) is 0 Å². The fourth-order valence-corrected chi connectivity index (χ4v) is 4.21. The molecule has 0 aliphatic heterocycles. The molecule has 142 valence electrons. The second-order valence-corrected chi connectivity index (χ2v) is 8.49. The van der Waals surface area contributed by atoms with E-state index >= 15 is 0 Å². The summed E-state index contributed by atoms with van der Waals surface area (Å²) in [5.74, 6) is 0. The predicted octanol–water partition coefficient (Wildman–Crippen LogP) is 3.78. The van der Waals surface area contributed by atoms with Crippen LogP contribution in [-0.4, -0.2) is 25.4 Å². The molecule has 0 saturated heterocycles. The number of hydrogen-bond donors (Lipinski definition) is 0. The standard InChI is InChI=1S/C24H22B3P3/c25-30-24-11-5-18(6-12-24)21-14-19(16-1-7-22(26-28)8-2-16)13-20(15-21)17-3-9-23(27-29)10-4-17/h1-15,26-27,30H,28-29H2/i26D,27D,30D. The minimum absolute atomic E-state index is 0.333. The first-order valence-electron chi connectivity index (χ1n) is 11.3. The van der Waals surface area contributed by atoms with Gasteiger partial charge in [0, 0.05) is 0 Å². The zero-order chi connectivity index (χ0) is 23.5. The van der Waals surface area contributed by atoms with Gasteiger partial charge < -0.3 is 0 Å². The van der Waals surface area contributed by atoms with E-state index in [-0.39, 0.29) is 13.9 Å². The van der Waals surface area contributed by atoms with E-state index in [4.69, 9.17) is 11.5 Å². The Kier molecular flexibility index (Phi) is 6.06. The monoisotopic (exact) mass is 439 g/mol. The molecule has 0 bridgehead atoms. The highest BCUT2D eigenvalue weighted by Crippen LogP contribution is 2.32. The Hall–Kier alpha value is -1.64. The van der Waals surface area contributed by atoms with Crippen LogP contribution >= 0.6 is 26.6 Å². The third-order valence-electron chi connectivity index (χ3n) is 5.16. The zero-order valence-electron chi connectivity index (χ0n) is 19.5. The van der Waals surface area contributed by atoms with Gasteiger partial charge in [-0.3, -0.25) is 0 Å². The van der Waals surface area contributed by atoms with Crippen molar-refractivity contribution < 1.29 is 0 Å². The first kappa shape index (κ1) is 18.0. The van der Waals surface area contributed by atoms with E-state index in [1.54, 1.807) is 0 Å². The van der Waals surface area contributed by atoms with Crippen LogP contribution in [0.2, 0.25) is 0 Å². The van der Waals surface area contributed by atoms with Crippen molar-refractivity contribution in [2.45, 2.75) is 0 Å². The van der Waals surface area contributed by atoms with Crippen molar-refractivity contribution in [3.63, 3.8) is 0 Å². The summed E-state index contributed by atoms with van der Waals surface area (Å²) in [6.07, 6.45) is 0. The van der Waals surface area contributed by atoms with Crippen molar-refractivity contribution in [1.82, 2.24) is 0 Å². The van der Waals surface area contributed by atoms with Crippen LogP contribution in [0.1, 0.15) is 0 Å². The molecule has 30 heavy (non-hydrogen) atoms. The van der Waals surface area contributed by atoms with Crippen molar-refractivity contribution in [1.29, 1.82) is 3.95 Å². The van der Waals surface area contributed by atoms with E-state index in [1.165, 1.54) is 0 Å². The van der Waals surface area contributed by atoms with Crippen LogP contribution in [0.5, 0.6) is 0 Å². The fraction of sp³-hybridized carbons (Fsp3) is 0. The summed E-state index contributed by atoms with van der Waals surface area (Å²) in [6.45, 7) is -0.666. The molecule has 0 aliphatic carbocycles. The highest BCUT2D eigenvalue weighted by atomic mass is 31.1. The lowest BCUT2D eigenvalue weighted by Crippen LogP contribution is -2.06. The summed E-state index contributed by atoms with van der Waals surface area (Å²) >= 11 is 0. The Bertz CT molecular complexity index is 1060. The molecule has 3 unspecified atom stereocenters. The average Bonchev–Trinajstić information content (AvgIpc) is 2.84. The van der Waals surface area contributed by atoms with Crippen LogP contribution in [0.15, 0.2) is 91.0 Å². The maximum absolute atomic E-state index is 7.91.